The lowest BCUT2D eigenvalue weighted by atomic mass is 10.1. The number of fused-ring (bicyclic) bond motifs is 1. The Bertz CT molecular complexity index is 1110. The van der Waals surface area contributed by atoms with Gasteiger partial charge < -0.3 is 15.5 Å². The van der Waals surface area contributed by atoms with Crippen molar-refractivity contribution < 1.29 is 9.59 Å². The van der Waals surface area contributed by atoms with Crippen LogP contribution in [0.25, 0.3) is 10.9 Å². The van der Waals surface area contributed by atoms with E-state index in [9.17, 15) is 9.59 Å². The van der Waals surface area contributed by atoms with Gasteiger partial charge >= 0.3 is 0 Å². The molecule has 1 aromatic heterocycles. The van der Waals surface area contributed by atoms with Crippen LogP contribution in [-0.4, -0.2) is 42.2 Å². The van der Waals surface area contributed by atoms with E-state index in [0.717, 1.165) is 35.1 Å². The molecule has 1 saturated carbocycles. The van der Waals surface area contributed by atoms with Crippen molar-refractivity contribution in [2.75, 3.05) is 24.3 Å². The summed E-state index contributed by atoms with van der Waals surface area (Å²) in [7, 11) is 3.95. The van der Waals surface area contributed by atoms with Gasteiger partial charge in [0.25, 0.3) is 5.91 Å². The van der Waals surface area contributed by atoms with Crippen LogP contribution in [0.15, 0.2) is 59.6 Å². The Morgan fingerprint density at radius 3 is 2.48 bits per heavy atom. The Morgan fingerprint density at radius 2 is 1.81 bits per heavy atom. The largest absolute Gasteiger partial charge is 0.378 e. The molecule has 1 atom stereocenters. The number of hydrogen-bond donors (Lipinski definition) is 2. The summed E-state index contributed by atoms with van der Waals surface area (Å²) in [6.45, 7) is 1.84. The van der Waals surface area contributed by atoms with E-state index in [4.69, 9.17) is 0 Å². The van der Waals surface area contributed by atoms with Crippen molar-refractivity contribution in [3.63, 3.8) is 0 Å². The number of amides is 2. The molecule has 4 rings (SSSR count). The summed E-state index contributed by atoms with van der Waals surface area (Å²) in [5.41, 5.74) is 3.17. The molecule has 1 unspecified atom stereocenters. The van der Waals surface area contributed by atoms with Crippen molar-refractivity contribution in [3.05, 3.63) is 60.2 Å². The molecule has 0 bridgehead atoms. The van der Waals surface area contributed by atoms with Crippen LogP contribution < -0.4 is 15.5 Å². The maximum absolute atomic E-state index is 12.8. The van der Waals surface area contributed by atoms with Crippen LogP contribution in [0.2, 0.25) is 0 Å². The average Bonchev–Trinajstić information content (AvgIpc) is 3.57. The van der Waals surface area contributed by atoms with Crippen molar-refractivity contribution >= 4 is 45.9 Å². The number of benzene rings is 2. The molecule has 160 valence electrons. The van der Waals surface area contributed by atoms with Crippen molar-refractivity contribution in [2.45, 2.75) is 36.1 Å². The molecule has 2 aromatic carbocycles. The molecule has 0 spiro atoms. The molecule has 7 heteroatoms. The summed E-state index contributed by atoms with van der Waals surface area (Å²) < 4.78 is 0. The molecular formula is C24H26N4O2S. The van der Waals surface area contributed by atoms with Crippen LogP contribution in [0, 0.1) is 0 Å². The van der Waals surface area contributed by atoms with Crippen molar-refractivity contribution in [2.24, 2.45) is 0 Å². The van der Waals surface area contributed by atoms with E-state index in [1.165, 1.54) is 11.8 Å². The molecule has 1 fully saturated rings. The highest BCUT2D eigenvalue weighted by Crippen LogP contribution is 2.29. The van der Waals surface area contributed by atoms with Gasteiger partial charge in [0.1, 0.15) is 0 Å². The van der Waals surface area contributed by atoms with E-state index in [0.29, 0.717) is 10.6 Å². The van der Waals surface area contributed by atoms with Crippen LogP contribution in [0.1, 0.15) is 30.1 Å². The minimum Gasteiger partial charge on any atom is -0.378 e. The van der Waals surface area contributed by atoms with Gasteiger partial charge in [-0.05, 0) is 56.2 Å². The number of anilines is 2. The van der Waals surface area contributed by atoms with Gasteiger partial charge in [-0.25, -0.2) is 4.98 Å². The summed E-state index contributed by atoms with van der Waals surface area (Å²) in [4.78, 5) is 32.2. The maximum Gasteiger partial charge on any atom is 0.252 e. The molecule has 6 nitrogen and oxygen atoms in total. The smallest absolute Gasteiger partial charge is 0.252 e. The van der Waals surface area contributed by atoms with E-state index in [1.54, 1.807) is 6.07 Å². The highest BCUT2D eigenvalue weighted by molar-refractivity contribution is 8.00. The lowest BCUT2D eigenvalue weighted by Gasteiger charge is -2.15. The van der Waals surface area contributed by atoms with Crippen LogP contribution in [0.3, 0.4) is 0 Å². The normalized spacial score (nSPS) is 14.2. The lowest BCUT2D eigenvalue weighted by molar-refractivity contribution is -0.115. The zero-order valence-corrected chi connectivity index (χ0v) is 18.7. The molecule has 1 heterocycles. The second-order valence-electron chi connectivity index (χ2n) is 7.96. The molecule has 1 aliphatic rings. The summed E-state index contributed by atoms with van der Waals surface area (Å²) >= 11 is 1.35. The number of nitrogens with zero attached hydrogens (tertiary/aromatic N) is 2. The Labute approximate surface area is 186 Å². The van der Waals surface area contributed by atoms with E-state index in [2.05, 4.69) is 15.6 Å². The van der Waals surface area contributed by atoms with Gasteiger partial charge in [-0.2, -0.15) is 0 Å². The third kappa shape index (κ3) is 5.17. The fraction of sp³-hybridized carbons (Fsp3) is 0.292. The number of para-hydroxylation sites is 1. The standard InChI is InChI=1S/C24H26N4O2S/c1-15(23(29)25-17-10-12-18(13-11-17)28(2)3)31-22-14-20(24(30)26-16-8-9-16)19-6-4-5-7-21(19)27-22/h4-7,10-16H,8-9H2,1-3H3,(H,25,29)(H,26,30). The summed E-state index contributed by atoms with van der Waals surface area (Å²) in [6.07, 6.45) is 2.06. The molecule has 1 aliphatic carbocycles. The third-order valence-electron chi connectivity index (χ3n) is 5.17. The predicted molar refractivity (Wildman–Crippen MR) is 127 cm³/mol. The molecule has 3 aromatic rings. The zero-order valence-electron chi connectivity index (χ0n) is 17.9. The minimum absolute atomic E-state index is 0.0824. The summed E-state index contributed by atoms with van der Waals surface area (Å²) in [5.74, 6) is -0.192. The van der Waals surface area contributed by atoms with Gasteiger partial charge in [0.2, 0.25) is 5.91 Å². The third-order valence-corrected chi connectivity index (χ3v) is 6.19. The number of pyridine rings is 1. The van der Waals surface area contributed by atoms with Crippen molar-refractivity contribution in [1.29, 1.82) is 0 Å². The summed E-state index contributed by atoms with van der Waals surface area (Å²) in [6, 6.07) is 17.4. The lowest BCUT2D eigenvalue weighted by Crippen LogP contribution is -2.26. The first-order valence-corrected chi connectivity index (χ1v) is 11.2. The fourth-order valence-electron chi connectivity index (χ4n) is 3.21. The molecule has 0 saturated heterocycles. The minimum atomic E-state index is -0.374. The highest BCUT2D eigenvalue weighted by atomic mass is 32.2. The van der Waals surface area contributed by atoms with Gasteiger partial charge in [-0.15, -0.1) is 0 Å². The van der Waals surface area contributed by atoms with E-state index >= 15 is 0 Å². The topological polar surface area (TPSA) is 74.3 Å². The van der Waals surface area contributed by atoms with E-state index < -0.39 is 0 Å². The first-order valence-electron chi connectivity index (χ1n) is 10.4. The van der Waals surface area contributed by atoms with Gasteiger partial charge in [0, 0.05) is 36.9 Å². The van der Waals surface area contributed by atoms with Crippen LogP contribution in [0.5, 0.6) is 0 Å². The molecule has 2 N–H and O–H groups in total. The number of thioether (sulfide) groups is 1. The van der Waals surface area contributed by atoms with Crippen LogP contribution in [-0.2, 0) is 4.79 Å². The number of rotatable bonds is 7. The maximum atomic E-state index is 12.8. The number of aromatic nitrogens is 1. The Hall–Kier alpha value is -3.06. The first-order chi connectivity index (χ1) is 14.9. The SMILES string of the molecule is CC(Sc1cc(C(=O)NC2CC2)c2ccccc2n1)C(=O)Nc1ccc(N(C)C)cc1. The number of carbonyl (C=O) groups is 2. The van der Waals surface area contributed by atoms with Gasteiger partial charge in [0.15, 0.2) is 0 Å². The second-order valence-corrected chi connectivity index (χ2v) is 9.32. The molecule has 31 heavy (non-hydrogen) atoms. The quantitative estimate of drug-likeness (QED) is 0.542. The summed E-state index contributed by atoms with van der Waals surface area (Å²) in [5, 5.41) is 7.11. The van der Waals surface area contributed by atoms with Gasteiger partial charge in [0.05, 0.1) is 21.4 Å². The van der Waals surface area contributed by atoms with Gasteiger partial charge in [-0.1, -0.05) is 30.0 Å². The molecule has 2 amide bonds. The highest BCUT2D eigenvalue weighted by Gasteiger charge is 2.25. The fourth-order valence-corrected chi connectivity index (χ4v) is 4.08. The first kappa shape index (κ1) is 21.2. The second kappa shape index (κ2) is 8.98. The molecular weight excluding hydrogens is 408 g/mol. The average molecular weight is 435 g/mol. The zero-order chi connectivity index (χ0) is 22.0. The number of hydrogen-bond acceptors (Lipinski definition) is 5. The Kier molecular flexibility index (Phi) is 6.13. The van der Waals surface area contributed by atoms with Crippen molar-refractivity contribution in [1.82, 2.24) is 10.3 Å². The van der Waals surface area contributed by atoms with Crippen LogP contribution in [0.4, 0.5) is 11.4 Å². The van der Waals surface area contributed by atoms with E-state index in [-0.39, 0.29) is 23.1 Å². The predicted octanol–water partition coefficient (Wildman–Crippen LogP) is 4.31. The number of nitrogens with one attached hydrogen (secondary N) is 2. The monoisotopic (exact) mass is 434 g/mol. The molecule has 0 radical (unpaired) electrons. The Morgan fingerprint density at radius 1 is 1.10 bits per heavy atom. The Balaban J connectivity index is 1.50. The van der Waals surface area contributed by atoms with Gasteiger partial charge in [-0.3, -0.25) is 9.59 Å². The van der Waals surface area contributed by atoms with Crippen LogP contribution >= 0.6 is 11.8 Å². The molecule has 0 aliphatic heterocycles. The number of carbonyl (C=O) groups excluding carboxylic acids is 2. The van der Waals surface area contributed by atoms with E-state index in [1.807, 2.05) is 74.4 Å². The van der Waals surface area contributed by atoms with Crippen molar-refractivity contribution in [3.8, 4) is 0 Å².